The van der Waals surface area contributed by atoms with E-state index in [1.165, 1.54) is 7.11 Å². The van der Waals surface area contributed by atoms with Crippen molar-refractivity contribution in [3.05, 3.63) is 17.0 Å². The Morgan fingerprint density at radius 2 is 2.15 bits per heavy atom. The zero-order valence-corrected chi connectivity index (χ0v) is 18.0. The number of ether oxygens (including phenoxy) is 1. The lowest BCUT2D eigenvalue weighted by Crippen LogP contribution is -2.37. The molecule has 0 amide bonds. The van der Waals surface area contributed by atoms with Gasteiger partial charge in [0, 0.05) is 37.8 Å². The smallest absolute Gasteiger partial charge is 0.305 e. The molecule has 0 bridgehead atoms. The van der Waals surface area contributed by atoms with Crippen molar-refractivity contribution in [3.63, 3.8) is 0 Å². The lowest BCUT2D eigenvalue weighted by atomic mass is 10.2. The first-order valence-corrected chi connectivity index (χ1v) is 11.2. The van der Waals surface area contributed by atoms with Gasteiger partial charge in [-0.2, -0.15) is 5.10 Å². The fraction of sp³-hybridized carbons (Fsp3) is 0.706. The van der Waals surface area contributed by atoms with Crippen molar-refractivity contribution in [2.75, 3.05) is 32.2 Å². The van der Waals surface area contributed by atoms with E-state index in [9.17, 15) is 13.2 Å². The number of nitrogens with zero attached hydrogens (tertiary/aromatic N) is 3. The molecule has 1 aliphatic rings. The van der Waals surface area contributed by atoms with Crippen LogP contribution < -0.4 is 5.32 Å². The molecule has 1 saturated heterocycles. The third-order valence-electron chi connectivity index (χ3n) is 4.83. The van der Waals surface area contributed by atoms with Gasteiger partial charge in [-0.1, -0.05) is 0 Å². The van der Waals surface area contributed by atoms with Crippen LogP contribution in [-0.4, -0.2) is 66.4 Å². The second-order valence-corrected chi connectivity index (χ2v) is 9.53. The summed E-state index contributed by atoms with van der Waals surface area (Å²) in [5.41, 5.74) is 2.92. The fourth-order valence-corrected chi connectivity index (χ4v) is 5.08. The number of carbonyl (C=O) groups is 1. The molecule has 0 saturated carbocycles. The van der Waals surface area contributed by atoms with Gasteiger partial charge < -0.3 is 15.0 Å². The van der Waals surface area contributed by atoms with Crippen LogP contribution in [0.1, 0.15) is 42.3 Å². The van der Waals surface area contributed by atoms with E-state index in [0.29, 0.717) is 37.5 Å². The van der Waals surface area contributed by atoms with E-state index in [1.54, 1.807) is 0 Å². The molecule has 152 valence electrons. The number of methoxy groups -OCH3 is 1. The monoisotopic (exact) mass is 416 g/mol. The van der Waals surface area contributed by atoms with Crippen molar-refractivity contribution < 1.29 is 17.9 Å². The summed E-state index contributed by atoms with van der Waals surface area (Å²) in [6.45, 7) is 5.08. The van der Waals surface area contributed by atoms with Crippen LogP contribution in [0.2, 0.25) is 0 Å². The molecule has 0 radical (unpaired) electrons. The number of rotatable bonds is 7. The Bertz CT molecular complexity index is 804. The SMILES string of the molecule is COC(=O)CCCNC(=S)N(C)Cc1c(C)nn([C@H]2CCS(=O)(=O)C2)c1C. The zero-order valence-electron chi connectivity index (χ0n) is 16.3. The Morgan fingerprint density at radius 1 is 1.44 bits per heavy atom. The highest BCUT2D eigenvalue weighted by Gasteiger charge is 2.31. The highest BCUT2D eigenvalue weighted by Crippen LogP contribution is 2.27. The topological polar surface area (TPSA) is 93.5 Å². The number of hydrogen-bond donors (Lipinski definition) is 1. The first-order valence-electron chi connectivity index (χ1n) is 8.95. The van der Waals surface area contributed by atoms with Crippen molar-refractivity contribution in [1.29, 1.82) is 0 Å². The summed E-state index contributed by atoms with van der Waals surface area (Å²) in [6.07, 6.45) is 1.61. The van der Waals surface area contributed by atoms with E-state index in [0.717, 1.165) is 17.0 Å². The van der Waals surface area contributed by atoms with Crippen LogP contribution in [0.4, 0.5) is 0 Å². The van der Waals surface area contributed by atoms with Crippen LogP contribution in [0.3, 0.4) is 0 Å². The number of esters is 1. The van der Waals surface area contributed by atoms with E-state index < -0.39 is 9.84 Å². The molecule has 8 nitrogen and oxygen atoms in total. The third kappa shape index (κ3) is 5.65. The van der Waals surface area contributed by atoms with Gasteiger partial charge in [0.2, 0.25) is 0 Å². The van der Waals surface area contributed by atoms with Gasteiger partial charge in [0.25, 0.3) is 0 Å². The van der Waals surface area contributed by atoms with E-state index in [-0.39, 0.29) is 23.5 Å². The highest BCUT2D eigenvalue weighted by atomic mass is 32.2. The van der Waals surface area contributed by atoms with Crippen LogP contribution in [-0.2, 0) is 25.9 Å². The van der Waals surface area contributed by atoms with Crippen LogP contribution in [0.5, 0.6) is 0 Å². The van der Waals surface area contributed by atoms with E-state index in [4.69, 9.17) is 12.2 Å². The summed E-state index contributed by atoms with van der Waals surface area (Å²) in [7, 11) is 0.313. The Morgan fingerprint density at radius 3 is 2.74 bits per heavy atom. The highest BCUT2D eigenvalue weighted by molar-refractivity contribution is 7.91. The normalized spacial score (nSPS) is 18.3. The molecular formula is C17H28N4O4S2. The van der Waals surface area contributed by atoms with E-state index in [1.807, 2.05) is 30.5 Å². The maximum absolute atomic E-state index is 11.8. The Balaban J connectivity index is 1.94. The van der Waals surface area contributed by atoms with Gasteiger partial charge in [-0.25, -0.2) is 8.42 Å². The molecule has 2 rings (SSSR count). The second-order valence-electron chi connectivity index (χ2n) is 6.92. The first kappa shape index (κ1) is 21.6. The number of nitrogens with one attached hydrogen (secondary N) is 1. The molecule has 1 aliphatic heterocycles. The molecule has 1 aromatic heterocycles. The number of carbonyl (C=O) groups excluding carboxylic acids is 1. The minimum Gasteiger partial charge on any atom is -0.469 e. The Kier molecular flexibility index (Phi) is 7.21. The predicted octanol–water partition coefficient (Wildman–Crippen LogP) is 1.12. The molecule has 2 heterocycles. The van der Waals surface area contributed by atoms with Crippen LogP contribution in [0.25, 0.3) is 0 Å². The van der Waals surface area contributed by atoms with E-state index >= 15 is 0 Å². The average molecular weight is 417 g/mol. The lowest BCUT2D eigenvalue weighted by molar-refractivity contribution is -0.140. The minimum absolute atomic E-state index is 0.0869. The number of aromatic nitrogens is 2. The molecule has 27 heavy (non-hydrogen) atoms. The summed E-state index contributed by atoms with van der Waals surface area (Å²) in [5, 5.41) is 8.31. The molecule has 1 N–H and O–H groups in total. The average Bonchev–Trinajstić information content (AvgIpc) is 3.11. The Hall–Kier alpha value is -1.68. The zero-order chi connectivity index (χ0) is 20.2. The number of thiocarbonyl (C=S) groups is 1. The molecule has 10 heteroatoms. The summed E-state index contributed by atoms with van der Waals surface area (Å²) in [6, 6.07) is -0.0869. The van der Waals surface area contributed by atoms with Gasteiger partial charge >= 0.3 is 5.97 Å². The van der Waals surface area contributed by atoms with E-state index in [2.05, 4.69) is 15.2 Å². The molecular weight excluding hydrogens is 388 g/mol. The van der Waals surface area contributed by atoms with Crippen LogP contribution in [0.15, 0.2) is 0 Å². The van der Waals surface area contributed by atoms with Gasteiger partial charge in [-0.05, 0) is 38.9 Å². The van der Waals surface area contributed by atoms with Crippen molar-refractivity contribution in [3.8, 4) is 0 Å². The quantitative estimate of drug-likeness (QED) is 0.402. The van der Waals surface area contributed by atoms with Crippen LogP contribution >= 0.6 is 12.2 Å². The Labute approximate surface area is 166 Å². The van der Waals surface area contributed by atoms with Crippen molar-refractivity contribution in [2.45, 2.75) is 45.7 Å². The molecule has 0 unspecified atom stereocenters. The van der Waals surface area contributed by atoms with Crippen molar-refractivity contribution in [1.82, 2.24) is 20.0 Å². The fourth-order valence-electron chi connectivity index (χ4n) is 3.22. The number of aryl methyl sites for hydroxylation is 1. The summed E-state index contributed by atoms with van der Waals surface area (Å²) in [5.74, 6) is 0.151. The summed E-state index contributed by atoms with van der Waals surface area (Å²) < 4.78 is 30.0. The number of sulfone groups is 1. The van der Waals surface area contributed by atoms with Crippen molar-refractivity contribution >= 4 is 33.1 Å². The molecule has 0 aromatic carbocycles. The van der Waals surface area contributed by atoms with Gasteiger partial charge in [0.1, 0.15) is 0 Å². The van der Waals surface area contributed by atoms with Gasteiger partial charge in [-0.15, -0.1) is 0 Å². The number of hydrogen-bond acceptors (Lipinski definition) is 6. The standard InChI is InChI=1S/C17H28N4O4S2/c1-12-15(10-20(3)17(26)18-8-5-6-16(22)25-4)13(2)21(19-12)14-7-9-27(23,24)11-14/h14H,5-11H2,1-4H3,(H,18,26)/t14-/m0/s1. The second kappa shape index (κ2) is 9.01. The summed E-state index contributed by atoms with van der Waals surface area (Å²) in [4.78, 5) is 13.0. The summed E-state index contributed by atoms with van der Waals surface area (Å²) >= 11 is 5.41. The first-order chi connectivity index (χ1) is 12.6. The van der Waals surface area contributed by atoms with Gasteiger partial charge in [0.05, 0.1) is 30.4 Å². The van der Waals surface area contributed by atoms with Gasteiger partial charge in [-0.3, -0.25) is 9.48 Å². The minimum atomic E-state index is -2.96. The van der Waals surface area contributed by atoms with Gasteiger partial charge in [0.15, 0.2) is 14.9 Å². The van der Waals surface area contributed by atoms with Crippen LogP contribution in [0, 0.1) is 13.8 Å². The molecule has 0 spiro atoms. The molecule has 0 aliphatic carbocycles. The molecule has 1 aromatic rings. The predicted molar refractivity (Wildman–Crippen MR) is 107 cm³/mol. The van der Waals surface area contributed by atoms with Crippen molar-refractivity contribution in [2.24, 2.45) is 0 Å². The lowest BCUT2D eigenvalue weighted by Gasteiger charge is -2.21. The molecule has 1 atom stereocenters. The third-order valence-corrected chi connectivity index (χ3v) is 7.04. The molecule has 1 fully saturated rings. The maximum atomic E-state index is 11.8. The largest absolute Gasteiger partial charge is 0.469 e. The maximum Gasteiger partial charge on any atom is 0.305 e.